The van der Waals surface area contributed by atoms with Crippen LogP contribution >= 0.6 is 0 Å². The first-order valence-corrected chi connectivity index (χ1v) is 7.24. The van der Waals surface area contributed by atoms with E-state index in [1.54, 1.807) is 12.4 Å². The molecule has 1 N–H and O–H groups in total. The van der Waals surface area contributed by atoms with E-state index in [1.165, 1.54) is 0 Å². The zero-order chi connectivity index (χ0) is 15.2. The Hall–Kier alpha value is -2.01. The molecule has 0 spiro atoms. The van der Waals surface area contributed by atoms with Gasteiger partial charge in [0.2, 0.25) is 0 Å². The molecule has 0 fully saturated rings. The molecule has 2 heterocycles. The number of hydrogen-bond donors (Lipinski definition) is 1. The largest absolute Gasteiger partial charge is 0.489 e. The maximum atomic E-state index is 5.72. The summed E-state index contributed by atoms with van der Waals surface area (Å²) in [5.74, 6) is 1.54. The van der Waals surface area contributed by atoms with Gasteiger partial charge in [-0.25, -0.2) is 9.97 Å². The van der Waals surface area contributed by atoms with Gasteiger partial charge in [-0.1, -0.05) is 6.92 Å². The van der Waals surface area contributed by atoms with Gasteiger partial charge < -0.3 is 10.1 Å². The Balaban J connectivity index is 2.34. The molecule has 0 aliphatic rings. The molecule has 1 unspecified atom stereocenters. The van der Waals surface area contributed by atoms with Crippen LogP contribution in [0.3, 0.4) is 0 Å². The SMILES string of the molecule is CCNC(c1cncc(OC(C)C)c1)c1ccnc(C)n1. The van der Waals surface area contributed by atoms with Crippen LogP contribution in [0, 0.1) is 6.92 Å². The molecule has 21 heavy (non-hydrogen) atoms. The monoisotopic (exact) mass is 286 g/mol. The fraction of sp³-hybridized carbons (Fsp3) is 0.438. The summed E-state index contributed by atoms with van der Waals surface area (Å²) in [6, 6.07) is 3.92. The number of aromatic nitrogens is 3. The zero-order valence-electron chi connectivity index (χ0n) is 13.0. The number of hydrogen-bond acceptors (Lipinski definition) is 5. The van der Waals surface area contributed by atoms with Crippen molar-refractivity contribution in [2.45, 2.75) is 39.8 Å². The molecule has 0 aliphatic carbocycles. The Morgan fingerprint density at radius 1 is 1.29 bits per heavy atom. The van der Waals surface area contributed by atoms with Crippen molar-refractivity contribution in [1.82, 2.24) is 20.3 Å². The average Bonchev–Trinajstić information content (AvgIpc) is 2.44. The van der Waals surface area contributed by atoms with Crippen LogP contribution in [-0.4, -0.2) is 27.6 Å². The van der Waals surface area contributed by atoms with E-state index in [-0.39, 0.29) is 12.1 Å². The molecular weight excluding hydrogens is 264 g/mol. The van der Waals surface area contributed by atoms with Crippen molar-refractivity contribution in [3.05, 3.63) is 47.8 Å². The van der Waals surface area contributed by atoms with Gasteiger partial charge in [0.15, 0.2) is 0 Å². The first-order chi connectivity index (χ1) is 10.1. The molecule has 0 saturated heterocycles. The number of nitrogens with zero attached hydrogens (tertiary/aromatic N) is 3. The molecule has 2 rings (SSSR count). The summed E-state index contributed by atoms with van der Waals surface area (Å²) in [5.41, 5.74) is 1.97. The van der Waals surface area contributed by atoms with Gasteiger partial charge in [0.25, 0.3) is 0 Å². The minimum absolute atomic E-state index is 0.0140. The highest BCUT2D eigenvalue weighted by molar-refractivity contribution is 5.31. The van der Waals surface area contributed by atoms with Crippen LogP contribution in [0.15, 0.2) is 30.7 Å². The molecule has 2 aromatic rings. The first kappa shape index (κ1) is 15.4. The smallest absolute Gasteiger partial charge is 0.138 e. The fourth-order valence-electron chi connectivity index (χ4n) is 2.16. The lowest BCUT2D eigenvalue weighted by molar-refractivity contribution is 0.241. The second-order valence-corrected chi connectivity index (χ2v) is 5.14. The normalized spacial score (nSPS) is 12.4. The lowest BCUT2D eigenvalue weighted by Crippen LogP contribution is -2.23. The van der Waals surface area contributed by atoms with Crippen molar-refractivity contribution >= 4 is 0 Å². The highest BCUT2D eigenvalue weighted by Crippen LogP contribution is 2.23. The van der Waals surface area contributed by atoms with Gasteiger partial charge in [0.05, 0.1) is 24.0 Å². The van der Waals surface area contributed by atoms with Crippen molar-refractivity contribution < 1.29 is 4.74 Å². The molecule has 5 nitrogen and oxygen atoms in total. The minimum Gasteiger partial charge on any atom is -0.489 e. The lowest BCUT2D eigenvalue weighted by Gasteiger charge is -2.19. The molecule has 1 atom stereocenters. The van der Waals surface area contributed by atoms with E-state index < -0.39 is 0 Å². The standard InChI is InChI=1S/C16H22N4O/c1-5-18-16(15-6-7-19-12(4)20-15)13-8-14(10-17-9-13)21-11(2)3/h6-11,16,18H,5H2,1-4H3. The van der Waals surface area contributed by atoms with E-state index in [1.807, 2.05) is 39.1 Å². The van der Waals surface area contributed by atoms with Gasteiger partial charge >= 0.3 is 0 Å². The van der Waals surface area contributed by atoms with Crippen LogP contribution in [0.4, 0.5) is 0 Å². The second-order valence-electron chi connectivity index (χ2n) is 5.14. The third-order valence-electron chi connectivity index (χ3n) is 2.94. The number of nitrogens with one attached hydrogen (secondary N) is 1. The van der Waals surface area contributed by atoms with Crippen LogP contribution in [0.25, 0.3) is 0 Å². The van der Waals surface area contributed by atoms with E-state index in [9.17, 15) is 0 Å². The van der Waals surface area contributed by atoms with Crippen molar-refractivity contribution in [3.8, 4) is 5.75 Å². The Bertz CT molecular complexity index is 586. The molecule has 0 bridgehead atoms. The Morgan fingerprint density at radius 2 is 2.10 bits per heavy atom. The Labute approximate surface area is 125 Å². The van der Waals surface area contributed by atoms with Gasteiger partial charge in [-0.3, -0.25) is 4.98 Å². The van der Waals surface area contributed by atoms with Gasteiger partial charge in [0, 0.05) is 12.4 Å². The predicted molar refractivity (Wildman–Crippen MR) is 82.3 cm³/mol. The number of aryl methyl sites for hydroxylation is 1. The molecule has 0 radical (unpaired) electrons. The number of rotatable bonds is 6. The van der Waals surface area contributed by atoms with E-state index >= 15 is 0 Å². The van der Waals surface area contributed by atoms with Crippen LogP contribution in [0.1, 0.15) is 43.9 Å². The van der Waals surface area contributed by atoms with Crippen LogP contribution < -0.4 is 10.1 Å². The Morgan fingerprint density at radius 3 is 2.76 bits per heavy atom. The van der Waals surface area contributed by atoms with Crippen LogP contribution in [0.2, 0.25) is 0 Å². The maximum absolute atomic E-state index is 5.72. The zero-order valence-corrected chi connectivity index (χ0v) is 13.0. The first-order valence-electron chi connectivity index (χ1n) is 7.24. The van der Waals surface area contributed by atoms with Crippen LogP contribution in [-0.2, 0) is 0 Å². The third kappa shape index (κ3) is 4.23. The Kier molecular flexibility index (Phi) is 5.22. The quantitative estimate of drug-likeness (QED) is 0.884. The van der Waals surface area contributed by atoms with E-state index in [2.05, 4.69) is 27.2 Å². The van der Waals surface area contributed by atoms with Crippen LogP contribution in [0.5, 0.6) is 5.75 Å². The molecule has 112 valence electrons. The molecule has 0 amide bonds. The van der Waals surface area contributed by atoms with Crippen molar-refractivity contribution in [1.29, 1.82) is 0 Å². The highest BCUT2D eigenvalue weighted by atomic mass is 16.5. The fourth-order valence-corrected chi connectivity index (χ4v) is 2.16. The maximum Gasteiger partial charge on any atom is 0.138 e. The third-order valence-corrected chi connectivity index (χ3v) is 2.94. The summed E-state index contributed by atoms with van der Waals surface area (Å²) >= 11 is 0. The highest BCUT2D eigenvalue weighted by Gasteiger charge is 2.16. The van der Waals surface area contributed by atoms with Gasteiger partial charge in [-0.05, 0) is 45.0 Å². The second kappa shape index (κ2) is 7.13. The summed E-state index contributed by atoms with van der Waals surface area (Å²) < 4.78 is 5.72. The lowest BCUT2D eigenvalue weighted by atomic mass is 10.1. The summed E-state index contributed by atoms with van der Waals surface area (Å²) in [6.45, 7) is 8.80. The summed E-state index contributed by atoms with van der Waals surface area (Å²) in [7, 11) is 0. The van der Waals surface area contributed by atoms with Gasteiger partial charge in [0.1, 0.15) is 11.6 Å². The molecule has 0 aromatic carbocycles. The minimum atomic E-state index is -0.0140. The molecule has 0 aliphatic heterocycles. The van der Waals surface area contributed by atoms with E-state index in [4.69, 9.17) is 4.74 Å². The predicted octanol–water partition coefficient (Wildman–Crippen LogP) is 2.67. The molecule has 5 heteroatoms. The topological polar surface area (TPSA) is 59.9 Å². The molecule has 0 saturated carbocycles. The summed E-state index contributed by atoms with van der Waals surface area (Å²) in [5, 5.41) is 3.44. The van der Waals surface area contributed by atoms with E-state index in [0.717, 1.165) is 29.4 Å². The number of ether oxygens (including phenoxy) is 1. The summed E-state index contributed by atoms with van der Waals surface area (Å²) in [4.78, 5) is 13.0. The average molecular weight is 286 g/mol. The molecule has 2 aromatic heterocycles. The molecular formula is C16H22N4O. The van der Waals surface area contributed by atoms with Crippen molar-refractivity contribution in [3.63, 3.8) is 0 Å². The van der Waals surface area contributed by atoms with E-state index in [0.29, 0.717) is 0 Å². The van der Waals surface area contributed by atoms with Crippen molar-refractivity contribution in [2.75, 3.05) is 6.54 Å². The number of pyridine rings is 1. The van der Waals surface area contributed by atoms with Gasteiger partial charge in [-0.2, -0.15) is 0 Å². The van der Waals surface area contributed by atoms with Gasteiger partial charge in [-0.15, -0.1) is 0 Å². The van der Waals surface area contributed by atoms with Crippen molar-refractivity contribution in [2.24, 2.45) is 0 Å². The summed E-state index contributed by atoms with van der Waals surface area (Å²) in [6.07, 6.45) is 5.49.